The van der Waals surface area contributed by atoms with Gasteiger partial charge in [-0.2, -0.15) is 8.78 Å². The Morgan fingerprint density at radius 3 is 2.96 bits per heavy atom. The number of halogens is 2. The molecule has 3 rings (SSSR count). The highest BCUT2D eigenvalue weighted by Crippen LogP contribution is 2.32. The molecule has 1 saturated heterocycles. The van der Waals surface area contributed by atoms with E-state index < -0.39 is 6.61 Å². The highest BCUT2D eigenvalue weighted by molar-refractivity contribution is 5.94. The molecule has 0 spiro atoms. The van der Waals surface area contributed by atoms with Gasteiger partial charge in [0.2, 0.25) is 5.91 Å². The Morgan fingerprint density at radius 1 is 1.40 bits per heavy atom. The van der Waals surface area contributed by atoms with E-state index in [2.05, 4.69) is 17.0 Å². The number of alkyl halides is 2. The fourth-order valence-corrected chi connectivity index (χ4v) is 3.93. The second-order valence-electron chi connectivity index (χ2n) is 7.11. The van der Waals surface area contributed by atoms with Crippen LogP contribution in [-0.4, -0.2) is 32.2 Å². The van der Waals surface area contributed by atoms with E-state index in [0.29, 0.717) is 24.8 Å². The third-order valence-electron chi connectivity index (χ3n) is 5.33. The van der Waals surface area contributed by atoms with Gasteiger partial charge >= 0.3 is 6.61 Å². The summed E-state index contributed by atoms with van der Waals surface area (Å²) in [5.74, 6) is 1.17. The third-order valence-corrected chi connectivity index (χ3v) is 5.33. The number of nitrogens with one attached hydrogen (secondary N) is 1. The largest absolute Gasteiger partial charge is 0.435 e. The van der Waals surface area contributed by atoms with Gasteiger partial charge in [-0.05, 0) is 74.4 Å². The van der Waals surface area contributed by atoms with Gasteiger partial charge in [0.25, 0.3) is 0 Å². The second kappa shape index (κ2) is 8.13. The van der Waals surface area contributed by atoms with Gasteiger partial charge in [0.05, 0.1) is 0 Å². The zero-order chi connectivity index (χ0) is 17.8. The zero-order valence-electron chi connectivity index (χ0n) is 14.6. The van der Waals surface area contributed by atoms with Crippen LogP contribution < -0.4 is 15.0 Å². The van der Waals surface area contributed by atoms with Crippen LogP contribution in [0.5, 0.6) is 5.75 Å². The number of hydrogen-bond acceptors (Lipinski definition) is 3. The van der Waals surface area contributed by atoms with E-state index >= 15 is 0 Å². The molecule has 2 aliphatic rings. The molecule has 2 aliphatic heterocycles. The monoisotopic (exact) mass is 352 g/mol. The maximum Gasteiger partial charge on any atom is 0.387 e. The van der Waals surface area contributed by atoms with E-state index in [1.807, 2.05) is 4.90 Å². The summed E-state index contributed by atoms with van der Waals surface area (Å²) in [6, 6.07) is 4.89. The number of carbonyl (C=O) groups excluding carboxylic acids is 1. The van der Waals surface area contributed by atoms with Crippen molar-refractivity contribution in [3.05, 3.63) is 23.8 Å². The molecule has 2 unspecified atom stereocenters. The maximum absolute atomic E-state index is 12.8. The summed E-state index contributed by atoms with van der Waals surface area (Å²) < 4.78 is 29.2. The molecule has 1 N–H and O–H groups in total. The zero-order valence-corrected chi connectivity index (χ0v) is 14.6. The predicted molar refractivity (Wildman–Crippen MR) is 93.1 cm³/mol. The molecule has 6 heteroatoms. The minimum absolute atomic E-state index is 0.126. The summed E-state index contributed by atoms with van der Waals surface area (Å²) in [7, 11) is 0. The molecule has 4 nitrogen and oxygen atoms in total. The number of anilines is 1. The minimum atomic E-state index is -2.83. The van der Waals surface area contributed by atoms with E-state index in [9.17, 15) is 13.6 Å². The number of ether oxygens (including phenoxy) is 1. The van der Waals surface area contributed by atoms with Gasteiger partial charge in [0.1, 0.15) is 5.75 Å². The van der Waals surface area contributed by atoms with Crippen LogP contribution in [0.4, 0.5) is 14.5 Å². The Kier molecular flexibility index (Phi) is 5.89. The van der Waals surface area contributed by atoms with Crippen LogP contribution in [0.3, 0.4) is 0 Å². The number of piperidine rings is 1. The van der Waals surface area contributed by atoms with Crippen LogP contribution >= 0.6 is 0 Å². The van der Waals surface area contributed by atoms with Gasteiger partial charge in [-0.1, -0.05) is 6.92 Å². The number of aryl methyl sites for hydroxylation is 1. The topological polar surface area (TPSA) is 41.6 Å². The average Bonchev–Trinajstić information content (AvgIpc) is 2.61. The van der Waals surface area contributed by atoms with E-state index in [1.165, 1.54) is 18.9 Å². The second-order valence-corrected chi connectivity index (χ2v) is 7.11. The normalized spacial score (nSPS) is 21.8. The summed E-state index contributed by atoms with van der Waals surface area (Å²) in [5, 5.41) is 3.41. The Morgan fingerprint density at radius 2 is 2.24 bits per heavy atom. The first-order valence-corrected chi connectivity index (χ1v) is 9.13. The van der Waals surface area contributed by atoms with Crippen molar-refractivity contribution in [1.29, 1.82) is 0 Å². The Balaban J connectivity index is 1.68. The van der Waals surface area contributed by atoms with Crippen molar-refractivity contribution >= 4 is 11.6 Å². The van der Waals surface area contributed by atoms with E-state index in [1.54, 1.807) is 12.1 Å². The summed E-state index contributed by atoms with van der Waals surface area (Å²) >= 11 is 0. The smallest absolute Gasteiger partial charge is 0.387 e. The maximum atomic E-state index is 12.8. The molecule has 25 heavy (non-hydrogen) atoms. The molecule has 2 atom stereocenters. The van der Waals surface area contributed by atoms with Gasteiger partial charge in [-0.3, -0.25) is 4.79 Å². The number of benzene rings is 1. The summed E-state index contributed by atoms with van der Waals surface area (Å²) in [5.41, 5.74) is 1.75. The van der Waals surface area contributed by atoms with Crippen molar-refractivity contribution in [2.24, 2.45) is 11.8 Å². The van der Waals surface area contributed by atoms with Crippen LogP contribution in [0.25, 0.3) is 0 Å². The molecule has 0 aliphatic carbocycles. The SMILES string of the molecule is CC(CC(=O)N1CCCc2cc(OC(F)F)ccc21)C1CCCNC1. The molecule has 0 bridgehead atoms. The first kappa shape index (κ1) is 18.1. The van der Waals surface area contributed by atoms with Crippen molar-refractivity contribution in [2.75, 3.05) is 24.5 Å². The molecule has 0 aromatic heterocycles. The fraction of sp³-hybridized carbons (Fsp3) is 0.632. The standard InChI is InChI=1S/C19H26F2N2O2/c1-13(15-4-2-8-22-12-15)10-18(24)23-9-3-5-14-11-16(25-19(20)21)6-7-17(14)23/h6-7,11,13,15,19,22H,2-5,8-10,12H2,1H3. The summed E-state index contributed by atoms with van der Waals surface area (Å²) in [4.78, 5) is 14.6. The number of nitrogens with zero attached hydrogens (tertiary/aromatic N) is 1. The van der Waals surface area contributed by atoms with Crippen molar-refractivity contribution in [1.82, 2.24) is 5.32 Å². The van der Waals surface area contributed by atoms with E-state index in [4.69, 9.17) is 0 Å². The number of rotatable bonds is 5. The number of fused-ring (bicyclic) bond motifs is 1. The first-order valence-electron chi connectivity index (χ1n) is 9.13. The lowest BCUT2D eigenvalue weighted by atomic mass is 9.85. The highest BCUT2D eigenvalue weighted by Gasteiger charge is 2.27. The fourth-order valence-electron chi connectivity index (χ4n) is 3.93. The van der Waals surface area contributed by atoms with Crippen molar-refractivity contribution in [3.63, 3.8) is 0 Å². The molecule has 1 fully saturated rings. The molecular formula is C19H26F2N2O2. The molecule has 138 valence electrons. The van der Waals surface area contributed by atoms with E-state index in [-0.39, 0.29) is 11.7 Å². The Hall–Kier alpha value is -1.69. The van der Waals surface area contributed by atoms with Gasteiger partial charge in [0.15, 0.2) is 0 Å². The van der Waals surface area contributed by atoms with Gasteiger partial charge in [-0.15, -0.1) is 0 Å². The van der Waals surface area contributed by atoms with Crippen molar-refractivity contribution in [2.45, 2.75) is 45.6 Å². The van der Waals surface area contributed by atoms with Crippen LogP contribution in [-0.2, 0) is 11.2 Å². The molecule has 1 aromatic rings. The number of carbonyl (C=O) groups is 1. The molecule has 0 saturated carbocycles. The van der Waals surface area contributed by atoms with Crippen molar-refractivity contribution in [3.8, 4) is 5.75 Å². The minimum Gasteiger partial charge on any atom is -0.435 e. The lowest BCUT2D eigenvalue weighted by Gasteiger charge is -2.33. The third kappa shape index (κ3) is 4.48. The molecular weight excluding hydrogens is 326 g/mol. The quantitative estimate of drug-likeness (QED) is 0.880. The molecule has 1 amide bonds. The molecule has 0 radical (unpaired) electrons. The van der Waals surface area contributed by atoms with Crippen LogP contribution in [0.2, 0.25) is 0 Å². The number of amides is 1. The van der Waals surface area contributed by atoms with E-state index in [0.717, 1.165) is 37.2 Å². The average molecular weight is 352 g/mol. The lowest BCUT2D eigenvalue weighted by molar-refractivity contribution is -0.119. The van der Waals surface area contributed by atoms with Gasteiger partial charge in [-0.25, -0.2) is 0 Å². The lowest BCUT2D eigenvalue weighted by Crippen LogP contribution is -2.39. The Bertz CT molecular complexity index is 603. The van der Waals surface area contributed by atoms with Gasteiger partial charge < -0.3 is 15.0 Å². The summed E-state index contributed by atoms with van der Waals surface area (Å²) in [6.07, 6.45) is 4.49. The summed E-state index contributed by atoms with van der Waals surface area (Å²) in [6.45, 7) is 2.07. The van der Waals surface area contributed by atoms with Gasteiger partial charge in [0, 0.05) is 18.7 Å². The van der Waals surface area contributed by atoms with Crippen LogP contribution in [0.15, 0.2) is 18.2 Å². The molecule has 1 aromatic carbocycles. The highest BCUT2D eigenvalue weighted by atomic mass is 19.3. The molecule has 2 heterocycles. The van der Waals surface area contributed by atoms with Crippen LogP contribution in [0.1, 0.15) is 38.2 Å². The predicted octanol–water partition coefficient (Wildman–Crippen LogP) is 3.59. The van der Waals surface area contributed by atoms with Crippen LogP contribution in [0, 0.1) is 11.8 Å². The number of hydrogen-bond donors (Lipinski definition) is 1. The van der Waals surface area contributed by atoms with Crippen molar-refractivity contribution < 1.29 is 18.3 Å². The first-order chi connectivity index (χ1) is 12.0. The Labute approximate surface area is 147 Å².